The van der Waals surface area contributed by atoms with Crippen molar-refractivity contribution in [1.82, 2.24) is 10.6 Å². The van der Waals surface area contributed by atoms with Crippen LogP contribution in [0.15, 0.2) is 42.5 Å². The monoisotopic (exact) mass is 409 g/mol. The third-order valence-corrected chi connectivity index (χ3v) is 5.69. The zero-order valence-corrected chi connectivity index (χ0v) is 16.9. The maximum Gasteiger partial charge on any atom is 0.255 e. The number of benzene rings is 2. The van der Waals surface area contributed by atoms with Crippen LogP contribution >= 0.6 is 0 Å². The predicted octanol–water partition coefficient (Wildman–Crippen LogP) is 4.28. The van der Waals surface area contributed by atoms with Gasteiger partial charge in [0.1, 0.15) is 11.6 Å². The summed E-state index contributed by atoms with van der Waals surface area (Å²) in [5.74, 6) is -1.22. The molecule has 6 heteroatoms. The first-order valence-corrected chi connectivity index (χ1v) is 10.2. The van der Waals surface area contributed by atoms with Crippen molar-refractivity contribution in [1.29, 1.82) is 0 Å². The van der Waals surface area contributed by atoms with E-state index in [9.17, 15) is 13.6 Å². The number of amides is 1. The summed E-state index contributed by atoms with van der Waals surface area (Å²) in [7, 11) is 0. The molecule has 2 aromatic carbocycles. The number of hydrogen-bond donors (Lipinski definition) is 3. The molecule has 0 saturated carbocycles. The smallest absolute Gasteiger partial charge is 0.255 e. The number of nitrogens with one attached hydrogen (secondary N) is 3. The molecule has 2 aromatic rings. The second-order valence-corrected chi connectivity index (χ2v) is 7.62. The van der Waals surface area contributed by atoms with E-state index in [0.717, 1.165) is 43.6 Å². The summed E-state index contributed by atoms with van der Waals surface area (Å²) in [6.07, 6.45) is 5.47. The van der Waals surface area contributed by atoms with Gasteiger partial charge in [-0.1, -0.05) is 18.2 Å². The summed E-state index contributed by atoms with van der Waals surface area (Å²) >= 11 is 0. The van der Waals surface area contributed by atoms with Crippen LogP contribution in [0.2, 0.25) is 0 Å². The molecular weight excluding hydrogens is 384 g/mol. The van der Waals surface area contributed by atoms with Gasteiger partial charge >= 0.3 is 0 Å². The molecule has 2 aliphatic heterocycles. The zero-order valence-electron chi connectivity index (χ0n) is 16.9. The average molecular weight is 409 g/mol. The van der Waals surface area contributed by atoms with Gasteiger partial charge in [-0.2, -0.15) is 0 Å². The van der Waals surface area contributed by atoms with Gasteiger partial charge in [-0.05, 0) is 68.3 Å². The number of carbonyl (C=O) groups is 1. The topological polar surface area (TPSA) is 53.2 Å². The third-order valence-electron chi connectivity index (χ3n) is 5.69. The normalized spacial score (nSPS) is 16.6. The first-order valence-electron chi connectivity index (χ1n) is 10.2. The van der Waals surface area contributed by atoms with E-state index >= 15 is 0 Å². The van der Waals surface area contributed by atoms with E-state index in [0.29, 0.717) is 28.9 Å². The van der Waals surface area contributed by atoms with Crippen LogP contribution in [0.5, 0.6) is 0 Å². The molecule has 0 unspecified atom stereocenters. The van der Waals surface area contributed by atoms with Gasteiger partial charge in [0.05, 0.1) is 0 Å². The highest BCUT2D eigenvalue weighted by atomic mass is 19.1. The Morgan fingerprint density at radius 2 is 1.57 bits per heavy atom. The van der Waals surface area contributed by atoms with E-state index < -0.39 is 11.7 Å². The molecule has 156 valence electrons. The van der Waals surface area contributed by atoms with E-state index in [4.69, 9.17) is 0 Å². The Balaban J connectivity index is 1.54. The Kier molecular flexibility index (Phi) is 6.06. The summed E-state index contributed by atoms with van der Waals surface area (Å²) in [5.41, 5.74) is 3.97. The van der Waals surface area contributed by atoms with Gasteiger partial charge in [0.15, 0.2) is 0 Å². The first kappa shape index (κ1) is 20.4. The van der Waals surface area contributed by atoms with Crippen molar-refractivity contribution in [2.24, 2.45) is 0 Å². The molecule has 0 spiro atoms. The Labute approximate surface area is 175 Å². The minimum atomic E-state index is -0.462. The maximum atomic E-state index is 14.9. The van der Waals surface area contributed by atoms with Crippen LogP contribution in [0.4, 0.5) is 14.5 Å². The Bertz CT molecular complexity index is 1040. The molecular formula is C24H25F2N3O. The van der Waals surface area contributed by atoms with Crippen LogP contribution < -0.4 is 16.0 Å². The summed E-state index contributed by atoms with van der Waals surface area (Å²) < 4.78 is 29.6. The molecule has 2 heterocycles. The van der Waals surface area contributed by atoms with Crippen molar-refractivity contribution in [2.75, 3.05) is 31.5 Å². The lowest BCUT2D eigenvalue weighted by Gasteiger charge is -2.18. The number of halogens is 2. The van der Waals surface area contributed by atoms with E-state index in [2.05, 4.69) is 16.0 Å². The lowest BCUT2D eigenvalue weighted by molar-refractivity contribution is 0.102. The van der Waals surface area contributed by atoms with Gasteiger partial charge < -0.3 is 16.0 Å². The molecule has 2 aliphatic rings. The van der Waals surface area contributed by atoms with Gasteiger partial charge in [0, 0.05) is 41.0 Å². The van der Waals surface area contributed by atoms with Gasteiger partial charge in [-0.3, -0.25) is 4.79 Å². The third kappa shape index (κ3) is 4.20. The molecule has 30 heavy (non-hydrogen) atoms. The van der Waals surface area contributed by atoms with Crippen LogP contribution in [-0.4, -0.2) is 32.1 Å². The quantitative estimate of drug-likeness (QED) is 0.707. The summed E-state index contributed by atoms with van der Waals surface area (Å²) in [4.78, 5) is 12.7. The molecule has 0 atom stereocenters. The lowest BCUT2D eigenvalue weighted by atomic mass is 9.96. The SMILES string of the molecule is Cc1c(NC(=O)c2ccc(C3=CCNCC3)c(F)c2)ccc(C2=CCNCC2)c1F. The van der Waals surface area contributed by atoms with Gasteiger partial charge in [0.25, 0.3) is 5.91 Å². The van der Waals surface area contributed by atoms with E-state index in [1.807, 2.05) is 12.2 Å². The predicted molar refractivity (Wildman–Crippen MR) is 116 cm³/mol. The van der Waals surface area contributed by atoms with Crippen molar-refractivity contribution in [3.63, 3.8) is 0 Å². The Morgan fingerprint density at radius 1 is 0.933 bits per heavy atom. The van der Waals surface area contributed by atoms with Crippen LogP contribution in [-0.2, 0) is 0 Å². The fourth-order valence-electron chi connectivity index (χ4n) is 3.91. The second kappa shape index (κ2) is 8.90. The molecule has 3 N–H and O–H groups in total. The number of rotatable bonds is 4. The van der Waals surface area contributed by atoms with Crippen molar-refractivity contribution in [3.8, 4) is 0 Å². The largest absolute Gasteiger partial charge is 0.322 e. The van der Waals surface area contributed by atoms with Crippen LogP contribution in [0, 0.1) is 18.6 Å². The standard InChI is InChI=1S/C24H25F2N3O/c1-15-22(5-4-20(23(15)26)17-8-12-28-13-9-17)29-24(30)18-2-3-19(21(25)14-18)16-6-10-27-11-7-16/h2-6,8,14,27-28H,7,9-13H2,1H3,(H,29,30). The Hall–Kier alpha value is -2.83. The number of carbonyl (C=O) groups excluding carboxylic acids is 1. The van der Waals surface area contributed by atoms with E-state index in [-0.39, 0.29) is 11.4 Å². The van der Waals surface area contributed by atoms with Crippen molar-refractivity contribution in [3.05, 3.63) is 76.4 Å². The van der Waals surface area contributed by atoms with Crippen LogP contribution in [0.1, 0.15) is 39.9 Å². The zero-order chi connectivity index (χ0) is 21.1. The Morgan fingerprint density at radius 3 is 2.17 bits per heavy atom. The van der Waals surface area contributed by atoms with Gasteiger partial charge in [-0.15, -0.1) is 0 Å². The van der Waals surface area contributed by atoms with Crippen molar-refractivity contribution < 1.29 is 13.6 Å². The second-order valence-electron chi connectivity index (χ2n) is 7.62. The molecule has 4 rings (SSSR count). The number of anilines is 1. The first-order chi connectivity index (χ1) is 14.5. The highest BCUT2D eigenvalue weighted by molar-refractivity contribution is 6.05. The molecule has 1 amide bonds. The minimum absolute atomic E-state index is 0.204. The van der Waals surface area contributed by atoms with Crippen LogP contribution in [0.25, 0.3) is 11.1 Å². The molecule has 0 saturated heterocycles. The lowest BCUT2D eigenvalue weighted by Crippen LogP contribution is -2.20. The maximum absolute atomic E-state index is 14.9. The highest BCUT2D eigenvalue weighted by Crippen LogP contribution is 2.29. The molecule has 0 radical (unpaired) electrons. The van der Waals surface area contributed by atoms with Crippen LogP contribution in [0.3, 0.4) is 0 Å². The van der Waals surface area contributed by atoms with E-state index in [1.165, 1.54) is 6.07 Å². The van der Waals surface area contributed by atoms with Gasteiger partial charge in [-0.25, -0.2) is 8.78 Å². The summed E-state index contributed by atoms with van der Waals surface area (Å²) in [6.45, 7) is 4.70. The fourth-order valence-corrected chi connectivity index (χ4v) is 3.91. The van der Waals surface area contributed by atoms with Crippen molar-refractivity contribution >= 4 is 22.7 Å². The number of hydrogen-bond acceptors (Lipinski definition) is 3. The molecule has 0 aromatic heterocycles. The molecule has 0 bridgehead atoms. The van der Waals surface area contributed by atoms with E-state index in [1.54, 1.807) is 31.2 Å². The van der Waals surface area contributed by atoms with Gasteiger partial charge in [0.2, 0.25) is 0 Å². The summed E-state index contributed by atoms with van der Waals surface area (Å²) in [6, 6.07) is 7.90. The minimum Gasteiger partial charge on any atom is -0.322 e. The van der Waals surface area contributed by atoms with Crippen molar-refractivity contribution in [2.45, 2.75) is 19.8 Å². The highest BCUT2D eigenvalue weighted by Gasteiger charge is 2.18. The molecule has 0 aliphatic carbocycles. The fraction of sp³-hybridized carbons (Fsp3) is 0.292. The molecule has 4 nitrogen and oxygen atoms in total. The molecule has 0 fully saturated rings. The average Bonchev–Trinajstić information content (AvgIpc) is 2.78. The summed E-state index contributed by atoms with van der Waals surface area (Å²) in [5, 5.41) is 9.13.